The Bertz CT molecular complexity index is 837. The van der Waals surface area contributed by atoms with E-state index in [9.17, 15) is 0 Å². The molecule has 0 amide bonds. The fourth-order valence-corrected chi connectivity index (χ4v) is 2.65. The van der Waals surface area contributed by atoms with Crippen LogP contribution in [0.3, 0.4) is 0 Å². The van der Waals surface area contributed by atoms with Gasteiger partial charge in [0.1, 0.15) is 6.04 Å². The first kappa shape index (κ1) is 16.9. The number of para-hydroxylation sites is 1. The summed E-state index contributed by atoms with van der Waals surface area (Å²) in [6.45, 7) is 4.42. The van der Waals surface area contributed by atoms with Crippen molar-refractivity contribution in [3.63, 3.8) is 0 Å². The molecule has 0 aliphatic heterocycles. The van der Waals surface area contributed by atoms with Crippen LogP contribution in [0.25, 0.3) is 0 Å². The zero-order chi connectivity index (χ0) is 17.5. The van der Waals surface area contributed by atoms with Crippen LogP contribution in [0.2, 0.25) is 0 Å². The number of nitrogens with one attached hydrogen (secondary N) is 1. The number of hydrogen-bond donors (Lipinski definition) is 1. The van der Waals surface area contributed by atoms with Gasteiger partial charge in [-0.25, -0.2) is 0 Å². The van der Waals surface area contributed by atoms with Crippen molar-refractivity contribution < 1.29 is 0 Å². The molecule has 3 aromatic rings. The van der Waals surface area contributed by atoms with Gasteiger partial charge in [-0.15, -0.1) is 0 Å². The van der Waals surface area contributed by atoms with Crippen LogP contribution < -0.4 is 5.32 Å². The molecule has 0 bridgehead atoms. The van der Waals surface area contributed by atoms with Crippen molar-refractivity contribution in [1.82, 2.24) is 0 Å². The summed E-state index contributed by atoms with van der Waals surface area (Å²) in [5.74, 6) is 7.21. The lowest BCUT2D eigenvalue weighted by atomic mass is 9.99. The standard InChI is InChI=1S/C24H23N/c1-19(2)21-14-16-22(17-15-21)24(25-23-11-7-4-8-12-23)18-13-20-9-5-3-6-10-20/h3-12,14-17,19,24-25H,1-2H3/t24-/m0/s1. The van der Waals surface area contributed by atoms with E-state index in [1.54, 1.807) is 0 Å². The first-order chi connectivity index (χ1) is 12.2. The monoisotopic (exact) mass is 325 g/mol. The molecular formula is C24H23N. The number of rotatable bonds is 4. The number of anilines is 1. The molecule has 0 saturated heterocycles. The second kappa shape index (κ2) is 8.22. The number of benzene rings is 3. The summed E-state index contributed by atoms with van der Waals surface area (Å²) >= 11 is 0. The summed E-state index contributed by atoms with van der Waals surface area (Å²) in [6.07, 6.45) is 0. The van der Waals surface area contributed by atoms with Gasteiger partial charge in [-0.3, -0.25) is 0 Å². The molecule has 1 nitrogen and oxygen atoms in total. The molecule has 0 aliphatic carbocycles. The molecule has 3 rings (SSSR count). The molecule has 0 heterocycles. The van der Waals surface area contributed by atoms with Crippen LogP contribution in [0.1, 0.15) is 42.5 Å². The van der Waals surface area contributed by atoms with E-state index in [1.165, 1.54) is 11.1 Å². The normalized spacial score (nSPS) is 11.5. The maximum Gasteiger partial charge on any atom is 0.114 e. The highest BCUT2D eigenvalue weighted by Gasteiger charge is 2.09. The Hall–Kier alpha value is -2.98. The third-order valence-electron chi connectivity index (χ3n) is 4.16. The van der Waals surface area contributed by atoms with Crippen LogP contribution in [0.4, 0.5) is 5.69 Å². The van der Waals surface area contributed by atoms with Crippen LogP contribution in [-0.4, -0.2) is 0 Å². The maximum absolute atomic E-state index is 3.54. The second-order valence-corrected chi connectivity index (χ2v) is 6.40. The molecule has 0 aromatic heterocycles. The van der Waals surface area contributed by atoms with E-state index in [0.717, 1.165) is 11.3 Å². The molecule has 1 N–H and O–H groups in total. The molecule has 0 fully saturated rings. The Morgan fingerprint density at radius 1 is 0.680 bits per heavy atom. The Kier molecular flexibility index (Phi) is 5.54. The van der Waals surface area contributed by atoms with E-state index < -0.39 is 0 Å². The van der Waals surface area contributed by atoms with Gasteiger partial charge in [0.15, 0.2) is 0 Å². The molecule has 3 aromatic carbocycles. The summed E-state index contributed by atoms with van der Waals surface area (Å²) in [6, 6.07) is 29.0. The Morgan fingerprint density at radius 3 is 1.84 bits per heavy atom. The molecule has 0 saturated carbocycles. The fraction of sp³-hybridized carbons (Fsp3) is 0.167. The van der Waals surface area contributed by atoms with E-state index in [4.69, 9.17) is 0 Å². The average Bonchev–Trinajstić information content (AvgIpc) is 2.67. The fourth-order valence-electron chi connectivity index (χ4n) is 2.65. The molecular weight excluding hydrogens is 302 g/mol. The zero-order valence-corrected chi connectivity index (χ0v) is 14.7. The SMILES string of the molecule is CC(C)c1ccc([C@H](C#Cc2ccccc2)Nc2ccccc2)cc1. The average molecular weight is 325 g/mol. The highest BCUT2D eigenvalue weighted by Crippen LogP contribution is 2.22. The maximum atomic E-state index is 3.54. The van der Waals surface area contributed by atoms with Crippen LogP contribution in [0, 0.1) is 11.8 Å². The third kappa shape index (κ3) is 4.75. The van der Waals surface area contributed by atoms with Gasteiger partial charge in [0.2, 0.25) is 0 Å². The van der Waals surface area contributed by atoms with Crippen LogP contribution in [0.5, 0.6) is 0 Å². The molecule has 1 atom stereocenters. The molecule has 1 heteroatoms. The molecule has 25 heavy (non-hydrogen) atoms. The second-order valence-electron chi connectivity index (χ2n) is 6.40. The van der Waals surface area contributed by atoms with Crippen molar-refractivity contribution in [3.05, 3.63) is 102 Å². The minimum Gasteiger partial charge on any atom is -0.368 e. The van der Waals surface area contributed by atoms with Gasteiger partial charge < -0.3 is 5.32 Å². The zero-order valence-electron chi connectivity index (χ0n) is 14.7. The van der Waals surface area contributed by atoms with E-state index in [2.05, 4.69) is 67.4 Å². The van der Waals surface area contributed by atoms with Crippen molar-refractivity contribution in [3.8, 4) is 11.8 Å². The Balaban J connectivity index is 1.90. The van der Waals surface area contributed by atoms with Gasteiger partial charge in [0, 0.05) is 11.3 Å². The Morgan fingerprint density at radius 2 is 1.24 bits per heavy atom. The first-order valence-electron chi connectivity index (χ1n) is 8.70. The lowest BCUT2D eigenvalue weighted by molar-refractivity contribution is 0.863. The lowest BCUT2D eigenvalue weighted by Crippen LogP contribution is -2.09. The van der Waals surface area contributed by atoms with Gasteiger partial charge in [-0.05, 0) is 41.3 Å². The molecule has 0 radical (unpaired) electrons. The highest BCUT2D eigenvalue weighted by atomic mass is 14.9. The third-order valence-corrected chi connectivity index (χ3v) is 4.16. The highest BCUT2D eigenvalue weighted by molar-refractivity contribution is 5.49. The van der Waals surface area contributed by atoms with Gasteiger partial charge in [0.25, 0.3) is 0 Å². The summed E-state index contributed by atoms with van der Waals surface area (Å²) in [7, 11) is 0. The topological polar surface area (TPSA) is 12.0 Å². The van der Waals surface area contributed by atoms with E-state index in [0.29, 0.717) is 5.92 Å². The van der Waals surface area contributed by atoms with Gasteiger partial charge in [-0.2, -0.15) is 0 Å². The van der Waals surface area contributed by atoms with Crippen molar-refractivity contribution in [2.75, 3.05) is 5.32 Å². The molecule has 124 valence electrons. The summed E-state index contributed by atoms with van der Waals surface area (Å²) in [4.78, 5) is 0. The summed E-state index contributed by atoms with van der Waals surface area (Å²) < 4.78 is 0. The molecule has 0 aliphatic rings. The van der Waals surface area contributed by atoms with E-state index >= 15 is 0 Å². The summed E-state index contributed by atoms with van der Waals surface area (Å²) in [5, 5.41) is 3.54. The van der Waals surface area contributed by atoms with Crippen molar-refractivity contribution in [2.45, 2.75) is 25.8 Å². The largest absolute Gasteiger partial charge is 0.368 e. The molecule has 0 unspecified atom stereocenters. The van der Waals surface area contributed by atoms with E-state index in [1.807, 2.05) is 48.5 Å². The first-order valence-corrected chi connectivity index (χ1v) is 8.70. The lowest BCUT2D eigenvalue weighted by Gasteiger charge is -2.16. The van der Waals surface area contributed by atoms with Gasteiger partial charge in [0.05, 0.1) is 0 Å². The van der Waals surface area contributed by atoms with E-state index in [-0.39, 0.29) is 6.04 Å². The minimum absolute atomic E-state index is 0.0520. The van der Waals surface area contributed by atoms with Gasteiger partial charge in [-0.1, -0.05) is 86.4 Å². The predicted octanol–water partition coefficient (Wildman–Crippen LogP) is 6.01. The molecule has 0 spiro atoms. The quantitative estimate of drug-likeness (QED) is 0.579. The van der Waals surface area contributed by atoms with Crippen molar-refractivity contribution >= 4 is 5.69 Å². The van der Waals surface area contributed by atoms with Crippen LogP contribution in [-0.2, 0) is 0 Å². The van der Waals surface area contributed by atoms with Crippen molar-refractivity contribution in [2.24, 2.45) is 0 Å². The van der Waals surface area contributed by atoms with Crippen LogP contribution in [0.15, 0.2) is 84.9 Å². The predicted molar refractivity (Wildman–Crippen MR) is 107 cm³/mol. The number of hydrogen-bond acceptors (Lipinski definition) is 1. The smallest absolute Gasteiger partial charge is 0.114 e. The van der Waals surface area contributed by atoms with Gasteiger partial charge >= 0.3 is 0 Å². The van der Waals surface area contributed by atoms with Crippen molar-refractivity contribution in [1.29, 1.82) is 0 Å². The minimum atomic E-state index is -0.0520. The summed E-state index contributed by atoms with van der Waals surface area (Å²) in [5.41, 5.74) is 4.62. The van der Waals surface area contributed by atoms with Crippen LogP contribution >= 0.6 is 0 Å². The Labute approximate surface area is 150 Å².